The number of hydrogen-bond acceptors (Lipinski definition) is 7. The monoisotopic (exact) mass is 1260 g/mol. The molecule has 0 rings (SSSR count). The number of ether oxygens (including phenoxy) is 4. The van der Waals surface area contributed by atoms with Crippen LogP contribution in [0.2, 0.25) is 0 Å². The van der Waals surface area contributed by atoms with E-state index >= 15 is 0 Å². The number of allylic oxidation sites excluding steroid dienone is 30. The summed E-state index contributed by atoms with van der Waals surface area (Å²) in [6.45, 7) is 4.62. The Balaban J connectivity index is 4.21. The molecule has 1 N–H and O–H groups in total. The number of likely N-dealkylation sites (N-methyl/N-ethyl adjacent to an activating group) is 1. The van der Waals surface area contributed by atoms with Crippen LogP contribution in [0.15, 0.2) is 182 Å². The largest absolute Gasteiger partial charge is 0.477 e. The van der Waals surface area contributed by atoms with Crippen LogP contribution in [0.5, 0.6) is 0 Å². The minimum atomic E-state index is -1.53. The van der Waals surface area contributed by atoms with Gasteiger partial charge < -0.3 is 28.5 Å². The van der Waals surface area contributed by atoms with Crippen LogP contribution < -0.4 is 0 Å². The van der Waals surface area contributed by atoms with Crippen molar-refractivity contribution in [3.8, 4) is 0 Å². The fraction of sp³-hybridized carbons (Fsp3) is 0.598. The topological polar surface area (TPSA) is 108 Å². The Hall–Kier alpha value is -5.61. The van der Waals surface area contributed by atoms with Gasteiger partial charge >= 0.3 is 17.9 Å². The average molecular weight is 1260 g/mol. The molecule has 0 aromatic rings. The summed E-state index contributed by atoms with van der Waals surface area (Å²) in [5.74, 6) is -2.04. The summed E-state index contributed by atoms with van der Waals surface area (Å²) in [6, 6.07) is 0. The van der Waals surface area contributed by atoms with Crippen molar-refractivity contribution in [2.75, 3.05) is 47.5 Å². The lowest BCUT2D eigenvalue weighted by molar-refractivity contribution is -0.870. The number of nitrogens with zero attached hydrogens (tertiary/aromatic N) is 1. The lowest BCUT2D eigenvalue weighted by Gasteiger charge is -2.25. The molecule has 91 heavy (non-hydrogen) atoms. The molecule has 0 aromatic heterocycles. The van der Waals surface area contributed by atoms with E-state index in [1.54, 1.807) is 0 Å². The maximum absolute atomic E-state index is 13.0. The number of hydrogen-bond donors (Lipinski definition) is 1. The smallest absolute Gasteiger partial charge is 0.361 e. The Morgan fingerprint density at radius 1 is 0.330 bits per heavy atom. The summed E-state index contributed by atoms with van der Waals surface area (Å²) >= 11 is 0. The second-order valence-electron chi connectivity index (χ2n) is 24.4. The van der Waals surface area contributed by atoms with E-state index < -0.39 is 24.3 Å². The zero-order chi connectivity index (χ0) is 66.1. The molecule has 0 heterocycles. The third-order valence-corrected chi connectivity index (χ3v) is 14.7. The number of aliphatic carboxylic acids is 1. The highest BCUT2D eigenvalue weighted by Gasteiger charge is 2.25. The number of carboxylic acids is 1. The van der Waals surface area contributed by atoms with Crippen LogP contribution in [-0.4, -0.2) is 87.4 Å². The molecule has 0 spiro atoms. The first-order valence-corrected chi connectivity index (χ1v) is 35.9. The van der Waals surface area contributed by atoms with E-state index in [-0.39, 0.29) is 38.6 Å². The van der Waals surface area contributed by atoms with Crippen LogP contribution in [0.1, 0.15) is 258 Å². The Morgan fingerprint density at radius 3 is 0.879 bits per heavy atom. The van der Waals surface area contributed by atoms with Gasteiger partial charge in [-0.3, -0.25) is 9.59 Å². The molecule has 9 nitrogen and oxygen atoms in total. The molecular formula is C82H132NO8+. The first kappa shape index (κ1) is 85.4. The van der Waals surface area contributed by atoms with Crippen LogP contribution in [0.25, 0.3) is 0 Å². The summed E-state index contributed by atoms with van der Waals surface area (Å²) in [5.41, 5.74) is 0. The van der Waals surface area contributed by atoms with Gasteiger partial charge in [0.1, 0.15) is 13.2 Å². The third-order valence-electron chi connectivity index (χ3n) is 14.7. The predicted octanol–water partition coefficient (Wildman–Crippen LogP) is 22.8. The lowest BCUT2D eigenvalue weighted by atomic mass is 10.0. The standard InChI is InChI=1S/C82H131NO8/c1-6-8-10-12-14-16-18-20-22-24-26-28-30-32-34-36-38-39-40-41-43-45-47-49-51-53-55-57-59-61-63-65-67-69-71-73-80(85)91-78(77-90-82(81(86)87)88-75-74-83(3,4)5)76-89-79(84)72-70-68-66-64-62-60-58-56-54-52-50-48-46-44-42-37-35-33-31-29-27-25-23-21-19-17-15-13-11-9-7-2/h8-11,14-17,20-23,26-29,32-35,38-39,41-44,47,49,53,55,78,82H,6-7,12-13,18-19,24-25,30-31,36-37,40,45-46,48,50-52,54,56-77H2,1-5H3/p+1/b10-8-,11-9-,16-14-,17-15-,22-20-,23-21-,28-26-,29-27-,34-32-,35-33-,39-38-,43-41-,44-42-,49-47-,55-53-. The molecule has 9 heteroatoms. The minimum Gasteiger partial charge on any atom is -0.477 e. The van der Waals surface area contributed by atoms with Crippen LogP contribution in [-0.2, 0) is 33.3 Å². The van der Waals surface area contributed by atoms with Gasteiger partial charge in [-0.2, -0.15) is 0 Å². The normalized spacial score (nSPS) is 13.8. The molecule has 512 valence electrons. The van der Waals surface area contributed by atoms with E-state index in [0.29, 0.717) is 17.4 Å². The quantitative estimate of drug-likeness (QED) is 0.0211. The van der Waals surface area contributed by atoms with Gasteiger partial charge in [0.2, 0.25) is 0 Å². The second-order valence-corrected chi connectivity index (χ2v) is 24.4. The van der Waals surface area contributed by atoms with Crippen molar-refractivity contribution in [1.82, 2.24) is 0 Å². The van der Waals surface area contributed by atoms with Crippen molar-refractivity contribution < 1.29 is 42.9 Å². The van der Waals surface area contributed by atoms with Crippen LogP contribution in [0.4, 0.5) is 0 Å². The van der Waals surface area contributed by atoms with Gasteiger partial charge in [0, 0.05) is 12.8 Å². The van der Waals surface area contributed by atoms with Gasteiger partial charge in [0.15, 0.2) is 6.10 Å². The zero-order valence-corrected chi connectivity index (χ0v) is 58.4. The van der Waals surface area contributed by atoms with Gasteiger partial charge in [-0.1, -0.05) is 292 Å². The predicted molar refractivity (Wildman–Crippen MR) is 391 cm³/mol. The number of unbranched alkanes of at least 4 members (excludes halogenated alkanes) is 19. The molecule has 0 radical (unpaired) electrons. The Morgan fingerprint density at radius 2 is 0.593 bits per heavy atom. The lowest BCUT2D eigenvalue weighted by Crippen LogP contribution is -2.40. The molecular weight excluding hydrogens is 1130 g/mol. The molecule has 0 fully saturated rings. The maximum Gasteiger partial charge on any atom is 0.361 e. The number of carbonyl (C=O) groups is 3. The molecule has 2 atom stereocenters. The molecule has 0 bridgehead atoms. The van der Waals surface area contributed by atoms with Crippen LogP contribution >= 0.6 is 0 Å². The van der Waals surface area contributed by atoms with Crippen molar-refractivity contribution in [2.45, 2.75) is 270 Å². The number of quaternary nitrogens is 1. The third kappa shape index (κ3) is 71.7. The minimum absolute atomic E-state index is 0.175. The summed E-state index contributed by atoms with van der Waals surface area (Å²) < 4.78 is 23.0. The highest BCUT2D eigenvalue weighted by Crippen LogP contribution is 2.16. The molecule has 0 saturated carbocycles. The Labute approximate surface area is 558 Å². The number of carbonyl (C=O) groups excluding carboxylic acids is 2. The fourth-order valence-electron chi connectivity index (χ4n) is 9.25. The Kier molecular flexibility index (Phi) is 65.9. The van der Waals surface area contributed by atoms with Crippen molar-refractivity contribution in [3.05, 3.63) is 182 Å². The van der Waals surface area contributed by atoms with E-state index in [4.69, 9.17) is 18.9 Å². The van der Waals surface area contributed by atoms with Gasteiger partial charge in [0.05, 0.1) is 34.4 Å². The summed E-state index contributed by atoms with van der Waals surface area (Å²) in [7, 11) is 5.96. The van der Waals surface area contributed by atoms with Crippen molar-refractivity contribution in [1.29, 1.82) is 0 Å². The van der Waals surface area contributed by atoms with E-state index in [9.17, 15) is 19.5 Å². The number of esters is 2. The highest BCUT2D eigenvalue weighted by atomic mass is 16.7. The number of rotatable bonds is 64. The summed E-state index contributed by atoms with van der Waals surface area (Å²) in [5, 5.41) is 9.76. The van der Waals surface area contributed by atoms with E-state index in [0.717, 1.165) is 141 Å². The first-order valence-electron chi connectivity index (χ1n) is 35.9. The molecule has 0 aromatic carbocycles. The molecule has 0 saturated heterocycles. The van der Waals surface area contributed by atoms with Gasteiger partial charge in [-0.05, 0) is 135 Å². The van der Waals surface area contributed by atoms with Crippen molar-refractivity contribution in [3.63, 3.8) is 0 Å². The van der Waals surface area contributed by atoms with Gasteiger partial charge in [0.25, 0.3) is 6.29 Å². The molecule has 0 amide bonds. The zero-order valence-electron chi connectivity index (χ0n) is 58.4. The highest BCUT2D eigenvalue weighted by molar-refractivity contribution is 5.71. The molecule has 2 unspecified atom stereocenters. The summed E-state index contributed by atoms with van der Waals surface area (Å²) in [4.78, 5) is 37.7. The second kappa shape index (κ2) is 70.3. The SMILES string of the molecule is CC/C=C\C/C=C\C/C=C\C/C=C\C/C=C\C/C=C\C/C=C\C/C=C\C/C=C\CCCCCCCCCC(=O)OC(COC(=O)CCCCCCCCCCCCCC/C=C\C/C=C\C/C=C\C/C=C\C/C=C\C/C=C\CC)COC(OCC[N+](C)(C)C)C(=O)O. The summed E-state index contributed by atoms with van der Waals surface area (Å²) in [6.07, 6.45) is 104. The molecule has 0 aliphatic heterocycles. The van der Waals surface area contributed by atoms with E-state index in [2.05, 4.69) is 196 Å². The maximum atomic E-state index is 13.0. The van der Waals surface area contributed by atoms with Gasteiger partial charge in [-0.15, -0.1) is 0 Å². The molecule has 0 aliphatic rings. The van der Waals surface area contributed by atoms with Crippen molar-refractivity contribution >= 4 is 17.9 Å². The van der Waals surface area contributed by atoms with E-state index in [1.807, 2.05) is 21.1 Å². The number of carboxylic acid groups (broad SMARTS) is 1. The first-order chi connectivity index (χ1) is 44.6. The average Bonchev–Trinajstić information content (AvgIpc) is 3.46. The Bertz CT molecular complexity index is 2150. The van der Waals surface area contributed by atoms with Gasteiger partial charge in [-0.25, -0.2) is 4.79 Å². The van der Waals surface area contributed by atoms with Crippen LogP contribution in [0.3, 0.4) is 0 Å². The molecule has 0 aliphatic carbocycles. The fourth-order valence-corrected chi connectivity index (χ4v) is 9.25. The van der Waals surface area contributed by atoms with E-state index in [1.165, 1.54) is 83.5 Å². The van der Waals surface area contributed by atoms with Crippen molar-refractivity contribution in [2.24, 2.45) is 0 Å². The van der Waals surface area contributed by atoms with Crippen LogP contribution in [0, 0.1) is 0 Å².